The summed E-state index contributed by atoms with van der Waals surface area (Å²) in [4.78, 5) is 26.7. The molecule has 0 fully saturated rings. The maximum Gasteiger partial charge on any atom is 0.336 e. The number of dihydropyridines is 1. The molecule has 1 heterocycles. The molecule has 0 aromatic heterocycles. The van der Waals surface area contributed by atoms with Gasteiger partial charge in [-0.1, -0.05) is 31.2 Å². The van der Waals surface area contributed by atoms with E-state index in [4.69, 9.17) is 9.47 Å². The van der Waals surface area contributed by atoms with E-state index in [1.54, 1.807) is 19.2 Å². The van der Waals surface area contributed by atoms with Gasteiger partial charge in [-0.3, -0.25) is 4.79 Å². The van der Waals surface area contributed by atoms with Crippen molar-refractivity contribution < 1.29 is 23.5 Å². The van der Waals surface area contributed by atoms with Crippen molar-refractivity contribution >= 4 is 27.7 Å². The minimum Gasteiger partial charge on any atom is -0.496 e. The van der Waals surface area contributed by atoms with Gasteiger partial charge in [-0.15, -0.1) is 0 Å². The lowest BCUT2D eigenvalue weighted by molar-refractivity contribution is -0.139. The molecule has 0 spiro atoms. The molecular formula is C27H27BrFNO4. The second-order valence-corrected chi connectivity index (χ2v) is 9.42. The second kappa shape index (κ2) is 10.1. The van der Waals surface area contributed by atoms with Gasteiger partial charge in [-0.05, 0) is 65.0 Å². The summed E-state index contributed by atoms with van der Waals surface area (Å²) in [5.74, 6) is -0.878. The number of hydrogen-bond donors (Lipinski definition) is 1. The van der Waals surface area contributed by atoms with E-state index in [0.29, 0.717) is 35.2 Å². The summed E-state index contributed by atoms with van der Waals surface area (Å²) in [6.07, 6.45) is 1.57. The van der Waals surface area contributed by atoms with Gasteiger partial charge in [-0.2, -0.15) is 0 Å². The van der Waals surface area contributed by atoms with Gasteiger partial charge in [0.2, 0.25) is 0 Å². The molecule has 2 aromatic carbocycles. The fraction of sp³-hybridized carbons (Fsp3) is 0.333. The van der Waals surface area contributed by atoms with E-state index < -0.39 is 17.7 Å². The largest absolute Gasteiger partial charge is 0.496 e. The number of allylic oxidation sites excluding steroid dienone is 3. The van der Waals surface area contributed by atoms with Crippen LogP contribution in [0.3, 0.4) is 0 Å². The molecule has 0 saturated heterocycles. The summed E-state index contributed by atoms with van der Waals surface area (Å²) in [6, 6.07) is 12.3. The van der Waals surface area contributed by atoms with Crippen molar-refractivity contribution in [2.45, 2.75) is 44.9 Å². The number of carbonyl (C=O) groups excluding carboxylic acids is 2. The Morgan fingerprint density at radius 2 is 1.97 bits per heavy atom. The molecule has 0 unspecified atom stereocenters. The Kier molecular flexibility index (Phi) is 7.22. The summed E-state index contributed by atoms with van der Waals surface area (Å²) in [6.45, 7) is 4.02. The number of rotatable bonds is 6. The van der Waals surface area contributed by atoms with Crippen LogP contribution in [0, 0.1) is 5.82 Å². The van der Waals surface area contributed by atoms with Crippen molar-refractivity contribution in [3.8, 4) is 5.75 Å². The highest BCUT2D eigenvalue weighted by Gasteiger charge is 2.42. The van der Waals surface area contributed by atoms with E-state index in [9.17, 15) is 14.0 Å². The first kappa shape index (κ1) is 24.2. The van der Waals surface area contributed by atoms with Crippen LogP contribution in [-0.2, 0) is 14.3 Å². The van der Waals surface area contributed by atoms with Crippen LogP contribution < -0.4 is 10.1 Å². The van der Waals surface area contributed by atoms with Gasteiger partial charge in [0.05, 0.1) is 23.8 Å². The van der Waals surface area contributed by atoms with Gasteiger partial charge in [0.25, 0.3) is 0 Å². The third kappa shape index (κ3) is 4.53. The lowest BCUT2D eigenvalue weighted by Crippen LogP contribution is -2.36. The first-order valence-electron chi connectivity index (χ1n) is 11.3. The highest BCUT2D eigenvalue weighted by molar-refractivity contribution is 9.10. The molecule has 0 saturated carbocycles. The Morgan fingerprint density at radius 3 is 2.68 bits per heavy atom. The molecule has 2 atom stereocenters. The van der Waals surface area contributed by atoms with Gasteiger partial charge >= 0.3 is 5.97 Å². The standard InChI is InChI=1S/C27H27BrFNO4/c1-4-11-34-27(32)24-15(2)30-21-13-17(18-7-5-6-8-23(18)33-3)14-22(31)26(21)25(24)16-9-10-20(29)19(28)12-16/h5-10,12,17,25,30H,4,11,13-14H2,1-3H3/t17-,25-/m1/s1. The molecule has 4 rings (SSSR count). The van der Waals surface area contributed by atoms with Crippen molar-refractivity contribution in [2.24, 2.45) is 0 Å². The molecule has 34 heavy (non-hydrogen) atoms. The number of ketones is 1. The molecule has 0 radical (unpaired) electrons. The third-order valence-corrected chi connectivity index (χ3v) is 6.95. The van der Waals surface area contributed by atoms with Crippen LogP contribution in [0.5, 0.6) is 5.75 Å². The highest BCUT2D eigenvalue weighted by atomic mass is 79.9. The zero-order valence-corrected chi connectivity index (χ0v) is 21.0. The monoisotopic (exact) mass is 527 g/mol. The number of Topliss-reactive ketones (excluding diaryl/α,β-unsaturated/α-hetero) is 1. The number of ether oxygens (including phenoxy) is 2. The Balaban J connectivity index is 1.81. The average molecular weight is 528 g/mol. The molecule has 7 heteroatoms. The Morgan fingerprint density at radius 1 is 1.21 bits per heavy atom. The molecular weight excluding hydrogens is 501 g/mol. The summed E-state index contributed by atoms with van der Waals surface area (Å²) in [7, 11) is 1.62. The van der Waals surface area contributed by atoms with Crippen LogP contribution in [0.1, 0.15) is 56.1 Å². The van der Waals surface area contributed by atoms with Crippen molar-refractivity contribution in [3.63, 3.8) is 0 Å². The fourth-order valence-electron chi connectivity index (χ4n) is 4.83. The van der Waals surface area contributed by atoms with Crippen molar-refractivity contribution in [3.05, 3.63) is 86.4 Å². The molecule has 5 nitrogen and oxygen atoms in total. The molecule has 1 aliphatic heterocycles. The first-order valence-corrected chi connectivity index (χ1v) is 12.1. The summed E-state index contributed by atoms with van der Waals surface area (Å²) in [5.41, 5.74) is 3.98. The fourth-order valence-corrected chi connectivity index (χ4v) is 5.23. The first-order chi connectivity index (χ1) is 16.3. The van der Waals surface area contributed by atoms with E-state index >= 15 is 0 Å². The van der Waals surface area contributed by atoms with Crippen LogP contribution >= 0.6 is 15.9 Å². The highest BCUT2D eigenvalue weighted by Crippen LogP contribution is 2.47. The van der Waals surface area contributed by atoms with Crippen molar-refractivity contribution in [1.82, 2.24) is 5.32 Å². The Labute approximate surface area is 207 Å². The van der Waals surface area contributed by atoms with Gasteiger partial charge in [-0.25, -0.2) is 9.18 Å². The van der Waals surface area contributed by atoms with Crippen LogP contribution in [-0.4, -0.2) is 25.5 Å². The van der Waals surface area contributed by atoms with E-state index in [1.165, 1.54) is 6.07 Å². The minimum absolute atomic E-state index is 0.0524. The maximum atomic E-state index is 14.0. The third-order valence-electron chi connectivity index (χ3n) is 6.34. The second-order valence-electron chi connectivity index (χ2n) is 8.57. The van der Waals surface area contributed by atoms with E-state index in [0.717, 1.165) is 17.0 Å². The van der Waals surface area contributed by atoms with Gasteiger partial charge < -0.3 is 14.8 Å². The number of esters is 1. The zero-order valence-electron chi connectivity index (χ0n) is 19.4. The molecule has 2 aliphatic rings. The molecule has 178 valence electrons. The normalized spacial score (nSPS) is 20.1. The number of methoxy groups -OCH3 is 1. The van der Waals surface area contributed by atoms with Crippen LogP contribution in [0.2, 0.25) is 0 Å². The van der Waals surface area contributed by atoms with Crippen LogP contribution in [0.15, 0.2) is 69.5 Å². The van der Waals surface area contributed by atoms with Crippen molar-refractivity contribution in [2.75, 3.05) is 13.7 Å². The number of halogens is 2. The number of hydrogen-bond acceptors (Lipinski definition) is 5. The van der Waals surface area contributed by atoms with Gasteiger partial charge in [0.1, 0.15) is 11.6 Å². The predicted molar refractivity (Wildman–Crippen MR) is 131 cm³/mol. The zero-order chi connectivity index (χ0) is 24.4. The minimum atomic E-state index is -0.636. The SMILES string of the molecule is CCCOC(=O)C1=C(C)NC2=C(C(=O)C[C@H](c3ccccc3OC)C2)[C@@H]1c1ccc(F)c(Br)c1. The van der Waals surface area contributed by atoms with Gasteiger partial charge in [0, 0.05) is 35.2 Å². The Hall–Kier alpha value is -2.93. The quantitative estimate of drug-likeness (QED) is 0.473. The average Bonchev–Trinajstić information content (AvgIpc) is 2.83. The smallest absolute Gasteiger partial charge is 0.336 e. The summed E-state index contributed by atoms with van der Waals surface area (Å²) < 4.78 is 25.3. The maximum absolute atomic E-state index is 14.0. The summed E-state index contributed by atoms with van der Waals surface area (Å²) >= 11 is 3.25. The number of benzene rings is 2. The van der Waals surface area contributed by atoms with E-state index in [1.807, 2.05) is 38.1 Å². The molecule has 1 aliphatic carbocycles. The molecule has 1 N–H and O–H groups in total. The number of para-hydroxylation sites is 1. The predicted octanol–water partition coefficient (Wildman–Crippen LogP) is 5.91. The summed E-state index contributed by atoms with van der Waals surface area (Å²) in [5, 5.41) is 3.33. The van der Waals surface area contributed by atoms with E-state index in [2.05, 4.69) is 21.2 Å². The van der Waals surface area contributed by atoms with E-state index in [-0.39, 0.29) is 29.2 Å². The number of nitrogens with one attached hydrogen (secondary N) is 1. The van der Waals surface area contributed by atoms with Crippen LogP contribution in [0.4, 0.5) is 4.39 Å². The van der Waals surface area contributed by atoms with Gasteiger partial charge in [0.15, 0.2) is 5.78 Å². The lowest BCUT2D eigenvalue weighted by Gasteiger charge is -2.37. The Bertz CT molecular complexity index is 1200. The molecule has 2 aromatic rings. The van der Waals surface area contributed by atoms with Crippen molar-refractivity contribution in [1.29, 1.82) is 0 Å². The number of carbonyl (C=O) groups is 2. The molecule has 0 bridgehead atoms. The molecule has 0 amide bonds. The van der Waals surface area contributed by atoms with Crippen LogP contribution in [0.25, 0.3) is 0 Å². The topological polar surface area (TPSA) is 64.6 Å². The lowest BCUT2D eigenvalue weighted by atomic mass is 9.71.